The average Bonchev–Trinajstić information content (AvgIpc) is 3.16. The molecule has 0 fully saturated rings. The zero-order chi connectivity index (χ0) is 20.9. The number of anilines is 1. The maximum atomic E-state index is 13.2. The zero-order valence-electron chi connectivity index (χ0n) is 15.6. The van der Waals surface area contributed by atoms with Crippen molar-refractivity contribution in [2.45, 2.75) is 24.8 Å². The van der Waals surface area contributed by atoms with E-state index in [1.54, 1.807) is 12.1 Å². The first kappa shape index (κ1) is 21.4. The second-order valence-corrected chi connectivity index (χ2v) is 9.55. The van der Waals surface area contributed by atoms with Gasteiger partial charge in [0.2, 0.25) is 21.1 Å². The smallest absolute Gasteiger partial charge is 0.243 e. The van der Waals surface area contributed by atoms with E-state index in [4.69, 9.17) is 11.6 Å². The maximum absolute atomic E-state index is 13.2. The number of amides is 1. The van der Waals surface area contributed by atoms with Crippen molar-refractivity contribution in [3.63, 3.8) is 0 Å². The van der Waals surface area contributed by atoms with Crippen LogP contribution in [0.2, 0.25) is 5.02 Å². The normalized spacial score (nSPS) is 11.6. The molecule has 0 unspecified atom stereocenters. The molecule has 1 aromatic heterocycles. The number of nitrogens with zero attached hydrogens (tertiary/aromatic N) is 3. The van der Waals surface area contributed by atoms with Crippen LogP contribution in [0.5, 0.6) is 0 Å². The van der Waals surface area contributed by atoms with Crippen LogP contribution in [-0.2, 0) is 27.8 Å². The number of carbonyl (C=O) groups is 1. The van der Waals surface area contributed by atoms with Crippen molar-refractivity contribution in [3.05, 3.63) is 70.2 Å². The predicted molar refractivity (Wildman–Crippen MR) is 113 cm³/mol. The van der Waals surface area contributed by atoms with Gasteiger partial charge in [-0.1, -0.05) is 60.2 Å². The van der Waals surface area contributed by atoms with E-state index in [0.29, 0.717) is 16.6 Å². The quantitative estimate of drug-likeness (QED) is 0.566. The monoisotopic (exact) mass is 450 g/mol. The van der Waals surface area contributed by atoms with E-state index in [1.807, 2.05) is 25.1 Å². The number of hydrogen-bond acceptors (Lipinski definition) is 6. The summed E-state index contributed by atoms with van der Waals surface area (Å²) in [5, 5.41) is 12.0. The van der Waals surface area contributed by atoms with Crippen LogP contribution in [0.25, 0.3) is 0 Å². The van der Waals surface area contributed by atoms with E-state index in [2.05, 4.69) is 15.5 Å². The molecule has 0 saturated carbocycles. The van der Waals surface area contributed by atoms with Crippen LogP contribution in [0, 0.1) is 0 Å². The molecule has 7 nitrogen and oxygen atoms in total. The van der Waals surface area contributed by atoms with Crippen LogP contribution >= 0.6 is 22.9 Å². The van der Waals surface area contributed by atoms with Crippen LogP contribution < -0.4 is 5.32 Å². The summed E-state index contributed by atoms with van der Waals surface area (Å²) in [5.74, 6) is -0.489. The van der Waals surface area contributed by atoms with E-state index >= 15 is 0 Å². The van der Waals surface area contributed by atoms with Crippen molar-refractivity contribution in [1.29, 1.82) is 0 Å². The summed E-state index contributed by atoms with van der Waals surface area (Å²) in [5.41, 5.74) is 0.766. The van der Waals surface area contributed by atoms with E-state index in [1.165, 1.54) is 35.6 Å². The Balaban J connectivity index is 1.84. The highest BCUT2D eigenvalue weighted by Gasteiger charge is 2.27. The largest absolute Gasteiger partial charge is 0.299 e. The Morgan fingerprint density at radius 2 is 1.79 bits per heavy atom. The topological polar surface area (TPSA) is 92.3 Å². The summed E-state index contributed by atoms with van der Waals surface area (Å²) in [6.45, 7) is 1.63. The van der Waals surface area contributed by atoms with E-state index in [0.717, 1.165) is 14.9 Å². The molecule has 0 saturated heterocycles. The molecule has 0 bridgehead atoms. The predicted octanol–water partition coefficient (Wildman–Crippen LogP) is 3.58. The van der Waals surface area contributed by atoms with Crippen LogP contribution in [0.1, 0.15) is 17.5 Å². The van der Waals surface area contributed by atoms with Gasteiger partial charge in [0.1, 0.15) is 5.01 Å². The molecule has 29 heavy (non-hydrogen) atoms. The number of nitrogens with one attached hydrogen (secondary N) is 1. The Morgan fingerprint density at radius 1 is 1.10 bits per heavy atom. The van der Waals surface area contributed by atoms with Crippen LogP contribution in [0.4, 0.5) is 5.13 Å². The number of halogens is 1. The van der Waals surface area contributed by atoms with Crippen molar-refractivity contribution < 1.29 is 13.2 Å². The third-order valence-corrected chi connectivity index (χ3v) is 7.03. The van der Waals surface area contributed by atoms with Crippen molar-refractivity contribution in [1.82, 2.24) is 14.5 Å². The summed E-state index contributed by atoms with van der Waals surface area (Å²) >= 11 is 7.14. The SMILES string of the molecule is CCc1nnc(NC(=O)CN(Cc2ccccc2)S(=O)(=O)c2ccc(Cl)cc2)s1. The number of rotatable bonds is 8. The Morgan fingerprint density at radius 3 is 2.41 bits per heavy atom. The highest BCUT2D eigenvalue weighted by Crippen LogP contribution is 2.21. The number of sulfonamides is 1. The Hall–Kier alpha value is -2.33. The molecule has 1 N–H and O–H groups in total. The molecule has 0 aliphatic rings. The fourth-order valence-electron chi connectivity index (χ4n) is 2.53. The summed E-state index contributed by atoms with van der Waals surface area (Å²) < 4.78 is 27.5. The molecule has 3 rings (SSSR count). The van der Waals surface area contributed by atoms with Crippen LogP contribution in [-0.4, -0.2) is 35.4 Å². The molecular formula is C19H19ClN4O3S2. The van der Waals surface area contributed by atoms with E-state index < -0.39 is 15.9 Å². The zero-order valence-corrected chi connectivity index (χ0v) is 18.0. The van der Waals surface area contributed by atoms with Gasteiger partial charge >= 0.3 is 0 Å². The van der Waals surface area contributed by atoms with Crippen molar-refractivity contribution in [3.8, 4) is 0 Å². The molecule has 0 spiro atoms. The first-order chi connectivity index (χ1) is 13.9. The summed E-state index contributed by atoms with van der Waals surface area (Å²) in [7, 11) is -3.92. The summed E-state index contributed by atoms with van der Waals surface area (Å²) in [6.07, 6.45) is 0.707. The number of aromatic nitrogens is 2. The lowest BCUT2D eigenvalue weighted by Crippen LogP contribution is -2.37. The molecule has 2 aromatic carbocycles. The highest BCUT2D eigenvalue weighted by atomic mass is 35.5. The van der Waals surface area contributed by atoms with Gasteiger partial charge in [-0.2, -0.15) is 4.31 Å². The molecule has 10 heteroatoms. The lowest BCUT2D eigenvalue weighted by molar-refractivity contribution is -0.116. The van der Waals surface area contributed by atoms with Gasteiger partial charge in [0.15, 0.2) is 0 Å². The second kappa shape index (κ2) is 9.45. The number of benzene rings is 2. The lowest BCUT2D eigenvalue weighted by atomic mass is 10.2. The van der Waals surface area contributed by atoms with Gasteiger partial charge in [0.05, 0.1) is 11.4 Å². The first-order valence-electron chi connectivity index (χ1n) is 8.80. The third kappa shape index (κ3) is 5.60. The molecule has 1 heterocycles. The number of hydrogen-bond donors (Lipinski definition) is 1. The van der Waals surface area contributed by atoms with Crippen molar-refractivity contribution in [2.24, 2.45) is 0 Å². The van der Waals surface area contributed by atoms with Gasteiger partial charge in [-0.25, -0.2) is 8.42 Å². The van der Waals surface area contributed by atoms with Gasteiger partial charge in [0, 0.05) is 11.6 Å². The third-order valence-electron chi connectivity index (χ3n) is 3.99. The molecular weight excluding hydrogens is 432 g/mol. The van der Waals surface area contributed by atoms with E-state index in [-0.39, 0.29) is 18.0 Å². The van der Waals surface area contributed by atoms with Gasteiger partial charge < -0.3 is 0 Å². The molecule has 0 aliphatic carbocycles. The van der Waals surface area contributed by atoms with Gasteiger partial charge in [0.25, 0.3) is 0 Å². The molecule has 1 amide bonds. The van der Waals surface area contributed by atoms with E-state index in [9.17, 15) is 13.2 Å². The standard InChI is InChI=1S/C19H19ClN4O3S2/c1-2-18-22-23-19(28-18)21-17(25)13-24(12-14-6-4-3-5-7-14)29(26,27)16-10-8-15(20)9-11-16/h3-11H,2,12-13H2,1H3,(H,21,23,25). The molecule has 3 aromatic rings. The fourth-order valence-corrected chi connectivity index (χ4v) is 4.74. The highest BCUT2D eigenvalue weighted by molar-refractivity contribution is 7.89. The second-order valence-electron chi connectivity index (χ2n) is 6.12. The van der Waals surface area contributed by atoms with Crippen LogP contribution in [0.15, 0.2) is 59.5 Å². The van der Waals surface area contributed by atoms with Crippen molar-refractivity contribution >= 4 is 44.0 Å². The Labute approximate surface area is 178 Å². The molecule has 0 radical (unpaired) electrons. The maximum Gasteiger partial charge on any atom is 0.243 e. The molecule has 152 valence electrons. The van der Waals surface area contributed by atoms with Gasteiger partial charge in [-0.3, -0.25) is 10.1 Å². The molecule has 0 atom stereocenters. The Kier molecular flexibility index (Phi) is 6.96. The minimum atomic E-state index is -3.92. The number of carbonyl (C=O) groups excluding carboxylic acids is 1. The van der Waals surface area contributed by atoms with Gasteiger partial charge in [-0.05, 0) is 36.2 Å². The van der Waals surface area contributed by atoms with Crippen LogP contribution in [0.3, 0.4) is 0 Å². The number of aryl methyl sites for hydroxylation is 1. The minimum absolute atomic E-state index is 0.0511. The van der Waals surface area contributed by atoms with Gasteiger partial charge in [-0.15, -0.1) is 10.2 Å². The first-order valence-corrected chi connectivity index (χ1v) is 11.4. The van der Waals surface area contributed by atoms with Crippen molar-refractivity contribution in [2.75, 3.05) is 11.9 Å². The molecule has 0 aliphatic heterocycles. The average molecular weight is 451 g/mol. The lowest BCUT2D eigenvalue weighted by Gasteiger charge is -2.21. The minimum Gasteiger partial charge on any atom is -0.299 e. The summed E-state index contributed by atoms with van der Waals surface area (Å²) in [6, 6.07) is 14.9. The Bertz CT molecular complexity index is 1070. The summed E-state index contributed by atoms with van der Waals surface area (Å²) in [4.78, 5) is 12.6. The fraction of sp³-hybridized carbons (Fsp3) is 0.211.